The lowest BCUT2D eigenvalue weighted by Crippen LogP contribution is -2.19. The zero-order valence-electron chi connectivity index (χ0n) is 18.3. The molecule has 0 unspecified atom stereocenters. The van der Waals surface area contributed by atoms with Gasteiger partial charge in [0.1, 0.15) is 16.8 Å². The number of rotatable bonds is 6. The first-order valence-corrected chi connectivity index (χ1v) is 10.6. The number of amides is 1. The summed E-state index contributed by atoms with van der Waals surface area (Å²) in [6.07, 6.45) is 1.34. The van der Waals surface area contributed by atoms with Crippen LogP contribution in [0.5, 0.6) is 5.75 Å². The average Bonchev–Trinajstić information content (AvgIpc) is 3.22. The van der Waals surface area contributed by atoms with E-state index in [4.69, 9.17) is 26.1 Å². The Hall–Kier alpha value is -3.91. The van der Waals surface area contributed by atoms with Crippen LogP contribution in [-0.2, 0) is 4.74 Å². The molecule has 0 bridgehead atoms. The third-order valence-corrected chi connectivity index (χ3v) is 5.38. The van der Waals surface area contributed by atoms with Crippen LogP contribution in [-0.4, -0.2) is 40.4 Å². The monoisotopic (exact) mass is 464 g/mol. The molecular formula is C24H21ClN4O4. The number of nitrogens with one attached hydrogen (secondary N) is 1. The van der Waals surface area contributed by atoms with Gasteiger partial charge in [0.25, 0.3) is 5.91 Å². The van der Waals surface area contributed by atoms with Gasteiger partial charge in [-0.3, -0.25) is 4.79 Å². The fourth-order valence-corrected chi connectivity index (χ4v) is 3.69. The maximum atomic E-state index is 13.0. The predicted molar refractivity (Wildman–Crippen MR) is 126 cm³/mol. The Bertz CT molecular complexity index is 1370. The molecule has 9 heteroatoms. The van der Waals surface area contributed by atoms with Crippen LogP contribution >= 0.6 is 11.6 Å². The van der Waals surface area contributed by atoms with E-state index in [1.807, 2.05) is 31.2 Å². The molecule has 0 aliphatic carbocycles. The van der Waals surface area contributed by atoms with E-state index in [0.717, 1.165) is 10.9 Å². The highest BCUT2D eigenvalue weighted by atomic mass is 35.5. The van der Waals surface area contributed by atoms with Gasteiger partial charge in [-0.1, -0.05) is 35.9 Å². The van der Waals surface area contributed by atoms with Crippen molar-refractivity contribution in [3.05, 3.63) is 76.4 Å². The van der Waals surface area contributed by atoms with Crippen LogP contribution in [0, 0.1) is 6.92 Å². The molecule has 33 heavy (non-hydrogen) atoms. The summed E-state index contributed by atoms with van der Waals surface area (Å²) in [4.78, 5) is 30.3. The van der Waals surface area contributed by atoms with Crippen molar-refractivity contribution in [3.63, 3.8) is 0 Å². The molecule has 2 aromatic carbocycles. The van der Waals surface area contributed by atoms with Crippen LogP contribution in [0.2, 0.25) is 5.02 Å². The molecule has 1 amide bonds. The predicted octanol–water partition coefficient (Wildman–Crippen LogP) is 4.82. The number of hydrogen-bond donors (Lipinski definition) is 1. The lowest BCUT2D eigenvalue weighted by molar-refractivity contribution is 0.0527. The zero-order valence-corrected chi connectivity index (χ0v) is 19.0. The number of carbonyl (C=O) groups is 2. The molecule has 4 aromatic rings. The third kappa shape index (κ3) is 4.25. The van der Waals surface area contributed by atoms with Crippen molar-refractivity contribution in [1.29, 1.82) is 0 Å². The molecule has 0 aliphatic rings. The molecule has 0 spiro atoms. The van der Waals surface area contributed by atoms with Crippen LogP contribution < -0.4 is 10.1 Å². The van der Waals surface area contributed by atoms with E-state index in [9.17, 15) is 9.59 Å². The van der Waals surface area contributed by atoms with Gasteiger partial charge in [0.15, 0.2) is 11.6 Å². The maximum absolute atomic E-state index is 13.0. The van der Waals surface area contributed by atoms with E-state index in [1.54, 1.807) is 38.3 Å². The number of esters is 1. The summed E-state index contributed by atoms with van der Waals surface area (Å²) in [7, 11) is 1.57. The molecule has 168 valence electrons. The SMILES string of the molecule is CCOC(=O)c1cnn(-c2cc(C)c3cccc(OC)c3n2)c1NC(=O)c1ccccc1Cl. The van der Waals surface area contributed by atoms with Crippen LogP contribution in [0.25, 0.3) is 16.7 Å². The topological polar surface area (TPSA) is 95.3 Å². The van der Waals surface area contributed by atoms with Gasteiger partial charge in [-0.05, 0) is 43.7 Å². The van der Waals surface area contributed by atoms with Gasteiger partial charge in [0.05, 0.1) is 30.5 Å². The molecular weight excluding hydrogens is 444 g/mol. The second-order valence-electron chi connectivity index (χ2n) is 7.13. The number of ether oxygens (including phenoxy) is 2. The molecule has 2 heterocycles. The number of para-hydroxylation sites is 1. The van der Waals surface area contributed by atoms with Gasteiger partial charge in [-0.25, -0.2) is 9.78 Å². The van der Waals surface area contributed by atoms with E-state index in [0.29, 0.717) is 17.1 Å². The Labute approximate surface area is 195 Å². The second kappa shape index (κ2) is 9.30. The zero-order chi connectivity index (χ0) is 23.5. The summed E-state index contributed by atoms with van der Waals surface area (Å²) in [5.41, 5.74) is 1.90. The number of methoxy groups -OCH3 is 1. The van der Waals surface area contributed by atoms with Gasteiger partial charge in [-0.2, -0.15) is 9.78 Å². The quantitative estimate of drug-likeness (QED) is 0.411. The summed E-state index contributed by atoms with van der Waals surface area (Å²) in [5.74, 6) is 0.00203. The Balaban J connectivity index is 1.86. The fraction of sp³-hybridized carbons (Fsp3) is 0.167. The van der Waals surface area contributed by atoms with Crippen molar-refractivity contribution in [1.82, 2.24) is 14.8 Å². The van der Waals surface area contributed by atoms with Gasteiger partial charge in [0.2, 0.25) is 0 Å². The van der Waals surface area contributed by atoms with Gasteiger partial charge >= 0.3 is 5.97 Å². The highest BCUT2D eigenvalue weighted by Gasteiger charge is 2.24. The molecule has 0 fully saturated rings. The minimum absolute atomic E-state index is 0.0943. The standard InChI is InChI=1S/C24H21ClN4O4/c1-4-33-24(31)17-13-26-29(22(17)28-23(30)16-8-5-6-10-18(16)25)20-12-14(2)15-9-7-11-19(32-3)21(15)27-20/h5-13H,4H2,1-3H3,(H,28,30). The highest BCUT2D eigenvalue weighted by Crippen LogP contribution is 2.29. The largest absolute Gasteiger partial charge is 0.494 e. The molecule has 0 atom stereocenters. The minimum atomic E-state index is -0.617. The van der Waals surface area contributed by atoms with Gasteiger partial charge in [0, 0.05) is 5.39 Å². The van der Waals surface area contributed by atoms with Crippen molar-refractivity contribution >= 4 is 40.2 Å². The number of benzene rings is 2. The third-order valence-electron chi connectivity index (χ3n) is 5.05. The fourth-order valence-electron chi connectivity index (χ4n) is 3.47. The van der Waals surface area contributed by atoms with Gasteiger partial charge < -0.3 is 14.8 Å². The maximum Gasteiger partial charge on any atom is 0.343 e. The minimum Gasteiger partial charge on any atom is -0.494 e. The van der Waals surface area contributed by atoms with Crippen LogP contribution in [0.1, 0.15) is 33.2 Å². The molecule has 1 N–H and O–H groups in total. The Morgan fingerprint density at radius 3 is 2.64 bits per heavy atom. The van der Waals surface area contributed by atoms with Crippen molar-refractivity contribution in [2.75, 3.05) is 19.0 Å². The molecule has 4 rings (SSSR count). The Kier molecular flexibility index (Phi) is 6.28. The smallest absolute Gasteiger partial charge is 0.343 e. The van der Waals surface area contributed by atoms with Crippen LogP contribution in [0.3, 0.4) is 0 Å². The number of aromatic nitrogens is 3. The van der Waals surface area contributed by atoms with E-state index in [-0.39, 0.29) is 28.6 Å². The number of anilines is 1. The van der Waals surface area contributed by atoms with Crippen LogP contribution in [0.15, 0.2) is 54.7 Å². The number of nitrogens with zero attached hydrogens (tertiary/aromatic N) is 3. The summed E-state index contributed by atoms with van der Waals surface area (Å²) < 4.78 is 12.0. The van der Waals surface area contributed by atoms with Crippen molar-refractivity contribution in [2.24, 2.45) is 0 Å². The summed E-state index contributed by atoms with van der Waals surface area (Å²) in [6.45, 7) is 3.81. The first-order chi connectivity index (χ1) is 15.9. The number of hydrogen-bond acceptors (Lipinski definition) is 6. The number of aryl methyl sites for hydroxylation is 1. The number of carbonyl (C=O) groups excluding carboxylic acids is 2. The second-order valence-corrected chi connectivity index (χ2v) is 7.53. The molecule has 0 saturated heterocycles. The number of halogens is 1. The van der Waals surface area contributed by atoms with E-state index in [1.165, 1.54) is 10.9 Å². The molecule has 0 aliphatic heterocycles. The Morgan fingerprint density at radius 2 is 1.91 bits per heavy atom. The molecule has 0 saturated carbocycles. The molecule has 0 radical (unpaired) electrons. The number of pyridine rings is 1. The lowest BCUT2D eigenvalue weighted by Gasteiger charge is -2.13. The van der Waals surface area contributed by atoms with Crippen molar-refractivity contribution in [3.8, 4) is 11.6 Å². The molecule has 2 aromatic heterocycles. The summed E-state index contributed by atoms with van der Waals surface area (Å²) in [6, 6.07) is 14.1. The van der Waals surface area contributed by atoms with Crippen molar-refractivity contribution < 1.29 is 19.1 Å². The number of fused-ring (bicyclic) bond motifs is 1. The average molecular weight is 465 g/mol. The van der Waals surface area contributed by atoms with Gasteiger partial charge in [-0.15, -0.1) is 0 Å². The van der Waals surface area contributed by atoms with Crippen molar-refractivity contribution in [2.45, 2.75) is 13.8 Å². The van der Waals surface area contributed by atoms with E-state index >= 15 is 0 Å². The van der Waals surface area contributed by atoms with E-state index < -0.39 is 11.9 Å². The Morgan fingerprint density at radius 1 is 1.12 bits per heavy atom. The molecule has 8 nitrogen and oxygen atoms in total. The first kappa shape index (κ1) is 22.3. The highest BCUT2D eigenvalue weighted by molar-refractivity contribution is 6.34. The van der Waals surface area contributed by atoms with Crippen LogP contribution in [0.4, 0.5) is 5.82 Å². The normalized spacial score (nSPS) is 10.8. The first-order valence-electron chi connectivity index (χ1n) is 10.2. The summed E-state index contributed by atoms with van der Waals surface area (Å²) in [5, 5.41) is 8.28. The lowest BCUT2D eigenvalue weighted by atomic mass is 10.1. The summed E-state index contributed by atoms with van der Waals surface area (Å²) >= 11 is 6.19. The van der Waals surface area contributed by atoms with E-state index in [2.05, 4.69) is 10.4 Å².